The van der Waals surface area contributed by atoms with Gasteiger partial charge in [-0.1, -0.05) is 12.1 Å². The quantitative estimate of drug-likeness (QED) is 0.270. The average molecular weight is 614 g/mol. The van der Waals surface area contributed by atoms with Crippen LogP contribution in [0.25, 0.3) is 55.6 Å². The average Bonchev–Trinajstić information content (AvgIpc) is 3.47. The molecule has 232 valence electrons. The maximum atomic E-state index is 13.7. The number of fused-ring (bicyclic) bond motifs is 5. The van der Waals surface area contributed by atoms with Crippen molar-refractivity contribution < 1.29 is 9.53 Å². The number of H-pyrrole nitrogens is 1. The Morgan fingerprint density at radius 3 is 2.70 bits per heavy atom. The van der Waals surface area contributed by atoms with Gasteiger partial charge >= 0.3 is 0 Å². The number of benzene rings is 2. The summed E-state index contributed by atoms with van der Waals surface area (Å²) < 4.78 is 10.3. The number of carbonyl (C=O) groups excluding carboxylic acids is 1. The van der Waals surface area contributed by atoms with Crippen molar-refractivity contribution >= 4 is 38.9 Å². The molecule has 2 aromatic carbocycles. The predicted molar refractivity (Wildman–Crippen MR) is 178 cm³/mol. The van der Waals surface area contributed by atoms with Gasteiger partial charge in [-0.25, -0.2) is 9.97 Å². The van der Waals surface area contributed by atoms with E-state index >= 15 is 0 Å². The second-order valence-corrected chi connectivity index (χ2v) is 13.3. The van der Waals surface area contributed by atoms with Crippen molar-refractivity contribution in [3.05, 3.63) is 76.7 Å². The topological polar surface area (TPSA) is 124 Å². The molecule has 6 aromatic rings. The van der Waals surface area contributed by atoms with E-state index in [1.807, 2.05) is 30.1 Å². The van der Waals surface area contributed by atoms with Gasteiger partial charge < -0.3 is 29.5 Å². The minimum Gasteiger partial charge on any atom is -0.494 e. The maximum absolute atomic E-state index is 13.7. The molecule has 4 aromatic heterocycles. The Morgan fingerprint density at radius 2 is 1.93 bits per heavy atom. The summed E-state index contributed by atoms with van der Waals surface area (Å²) in [6.07, 6.45) is 7.91. The molecule has 9 rings (SSSR count). The summed E-state index contributed by atoms with van der Waals surface area (Å²) in [6, 6.07) is 16.1. The highest BCUT2D eigenvalue weighted by atomic mass is 16.5. The highest BCUT2D eigenvalue weighted by molar-refractivity contribution is 6.01. The van der Waals surface area contributed by atoms with E-state index in [9.17, 15) is 9.59 Å². The van der Waals surface area contributed by atoms with Gasteiger partial charge in [-0.15, -0.1) is 0 Å². The van der Waals surface area contributed by atoms with Crippen LogP contribution in [0.5, 0.6) is 5.75 Å². The molecular weight excluding hydrogens is 578 g/mol. The molecule has 5 heterocycles. The van der Waals surface area contributed by atoms with E-state index in [4.69, 9.17) is 15.5 Å². The molecule has 3 aliphatic rings. The Bertz CT molecular complexity index is 2280. The number of aromatic amines is 1. The van der Waals surface area contributed by atoms with Gasteiger partial charge in [0.1, 0.15) is 16.8 Å². The summed E-state index contributed by atoms with van der Waals surface area (Å²) >= 11 is 0. The zero-order chi connectivity index (χ0) is 31.3. The van der Waals surface area contributed by atoms with Gasteiger partial charge in [0, 0.05) is 72.7 Å². The van der Waals surface area contributed by atoms with Crippen molar-refractivity contribution in [2.24, 2.45) is 24.6 Å². The lowest BCUT2D eigenvalue weighted by molar-refractivity contribution is 0.0700. The molecule has 2 saturated carbocycles. The third-order valence-corrected chi connectivity index (χ3v) is 10.5. The number of methoxy groups -OCH3 is 1. The van der Waals surface area contributed by atoms with Crippen LogP contribution in [0.4, 0.5) is 0 Å². The monoisotopic (exact) mass is 613 g/mol. The van der Waals surface area contributed by atoms with Crippen molar-refractivity contribution in [2.45, 2.75) is 44.3 Å². The van der Waals surface area contributed by atoms with Crippen molar-refractivity contribution in [3.8, 4) is 28.4 Å². The molecule has 46 heavy (non-hydrogen) atoms. The Balaban J connectivity index is 1.16. The van der Waals surface area contributed by atoms with Gasteiger partial charge in [-0.2, -0.15) is 0 Å². The summed E-state index contributed by atoms with van der Waals surface area (Å²) in [7, 11) is 3.66. The van der Waals surface area contributed by atoms with Gasteiger partial charge in [0.05, 0.1) is 23.8 Å². The Kier molecular flexibility index (Phi) is 5.96. The molecule has 2 unspecified atom stereocenters. The fourth-order valence-corrected chi connectivity index (χ4v) is 7.86. The smallest absolute Gasteiger partial charge is 0.254 e. The number of nitrogens with two attached hydrogens (primary N) is 1. The second kappa shape index (κ2) is 10.0. The number of piperidine rings is 1. The highest BCUT2D eigenvalue weighted by Crippen LogP contribution is 2.41. The lowest BCUT2D eigenvalue weighted by Crippen LogP contribution is -2.41. The van der Waals surface area contributed by atoms with Crippen molar-refractivity contribution in [1.29, 1.82) is 0 Å². The minimum atomic E-state index is -0.0958. The zero-order valence-corrected chi connectivity index (χ0v) is 25.9. The number of pyridine rings is 2. The summed E-state index contributed by atoms with van der Waals surface area (Å²) in [5, 5.41) is 1.12. The molecule has 3 atom stereocenters. The number of amides is 1. The van der Waals surface area contributed by atoms with Crippen molar-refractivity contribution in [2.75, 3.05) is 13.7 Å². The van der Waals surface area contributed by atoms with Crippen molar-refractivity contribution in [1.82, 2.24) is 29.0 Å². The Morgan fingerprint density at radius 1 is 1.07 bits per heavy atom. The number of aromatic nitrogens is 5. The number of carbonyl (C=O) groups is 1. The molecule has 2 bridgehead atoms. The molecule has 2 aliphatic carbocycles. The fourth-order valence-electron chi connectivity index (χ4n) is 7.86. The van der Waals surface area contributed by atoms with Gasteiger partial charge in [0.2, 0.25) is 5.43 Å². The predicted octanol–water partition coefficient (Wildman–Crippen LogP) is 5.08. The standard InChI is InChI=1S/C36H35N7O3/c1-41-34-26(11-23(15-31(34)46-2)36(45)43-18-22-7-8-27(43)32(22)37)40-35(41)29-14-21-6-5-20(13-28(21)42(29)17-19-3-4-19)24-12-25-33(39-16-24)30(44)9-10-38-25/h5-6,9-16,19,22,27,32H,3-4,7-8,17-18,37H2,1-2H3,(H,38,44)/t22?,27?,32-/m1/s1. The van der Waals surface area contributed by atoms with Crippen LogP contribution in [0, 0.1) is 11.8 Å². The van der Waals surface area contributed by atoms with Crippen LogP contribution in [-0.4, -0.2) is 60.6 Å². The number of imidazole rings is 1. The van der Waals surface area contributed by atoms with Crippen molar-refractivity contribution in [3.63, 3.8) is 0 Å². The van der Waals surface area contributed by atoms with E-state index in [0.29, 0.717) is 34.2 Å². The molecule has 10 nitrogen and oxygen atoms in total. The van der Waals surface area contributed by atoms with Crippen LogP contribution in [0.3, 0.4) is 0 Å². The number of ether oxygens (including phenoxy) is 1. The summed E-state index contributed by atoms with van der Waals surface area (Å²) in [5.41, 5.74) is 13.8. The molecular formula is C36H35N7O3. The first-order chi connectivity index (χ1) is 22.4. The van der Waals surface area contributed by atoms with E-state index in [2.05, 4.69) is 43.4 Å². The third-order valence-electron chi connectivity index (χ3n) is 10.5. The third kappa shape index (κ3) is 4.12. The largest absolute Gasteiger partial charge is 0.494 e. The van der Waals surface area contributed by atoms with Crippen LogP contribution in [0.2, 0.25) is 0 Å². The second-order valence-electron chi connectivity index (χ2n) is 13.3. The van der Waals surface area contributed by atoms with Crippen LogP contribution in [0.15, 0.2) is 65.7 Å². The normalized spacial score (nSPS) is 20.8. The summed E-state index contributed by atoms with van der Waals surface area (Å²) in [5.74, 6) is 2.46. The summed E-state index contributed by atoms with van der Waals surface area (Å²) in [4.78, 5) is 40.7. The van der Waals surface area contributed by atoms with E-state index in [-0.39, 0.29) is 23.4 Å². The zero-order valence-electron chi connectivity index (χ0n) is 25.9. The number of aryl methyl sites for hydroxylation is 1. The molecule has 3 fully saturated rings. The number of nitrogens with zero attached hydrogens (tertiary/aromatic N) is 5. The number of hydrogen-bond donors (Lipinski definition) is 2. The highest BCUT2D eigenvalue weighted by Gasteiger charge is 2.47. The number of hydrogen-bond acceptors (Lipinski definition) is 6. The van der Waals surface area contributed by atoms with E-state index in [1.54, 1.807) is 19.5 Å². The fraction of sp³-hybridized carbons (Fsp3) is 0.333. The molecule has 10 heteroatoms. The van der Waals surface area contributed by atoms with Gasteiger partial charge in [-0.05, 0) is 73.4 Å². The first kappa shape index (κ1) is 27.4. The van der Waals surface area contributed by atoms with Crippen LogP contribution < -0.4 is 15.9 Å². The number of nitrogens with one attached hydrogen (secondary N) is 1. The van der Waals surface area contributed by atoms with E-state index in [0.717, 1.165) is 70.5 Å². The SMILES string of the molecule is COc1cc(C(=O)N2CC3CCC2[C@@H]3N)cc2nc(-c3cc4ccc(-c5cnc6c(=O)cc[nH]c6c5)cc4n3CC3CC3)n(C)c12. The minimum absolute atomic E-state index is 0.00214. The molecule has 3 N–H and O–H groups in total. The number of likely N-dealkylation sites (tertiary alicyclic amines) is 1. The van der Waals surface area contributed by atoms with Gasteiger partial charge in [-0.3, -0.25) is 9.59 Å². The van der Waals surface area contributed by atoms with Crippen LogP contribution in [-0.2, 0) is 13.6 Å². The van der Waals surface area contributed by atoms with Crippen LogP contribution in [0.1, 0.15) is 36.0 Å². The molecule has 0 spiro atoms. The molecule has 1 amide bonds. The van der Waals surface area contributed by atoms with Crippen LogP contribution >= 0.6 is 0 Å². The number of rotatable bonds is 6. The van der Waals surface area contributed by atoms with E-state index < -0.39 is 0 Å². The lowest BCUT2D eigenvalue weighted by Gasteiger charge is -2.27. The van der Waals surface area contributed by atoms with Gasteiger partial charge in [0.25, 0.3) is 5.91 Å². The lowest BCUT2D eigenvalue weighted by atomic mass is 10.1. The molecule has 1 saturated heterocycles. The Hall–Kier alpha value is -4.96. The Labute approximate surface area is 264 Å². The summed E-state index contributed by atoms with van der Waals surface area (Å²) in [6.45, 7) is 1.61. The first-order valence-electron chi connectivity index (χ1n) is 16.1. The molecule has 1 aliphatic heterocycles. The maximum Gasteiger partial charge on any atom is 0.254 e. The first-order valence-corrected chi connectivity index (χ1v) is 16.1. The van der Waals surface area contributed by atoms with E-state index in [1.165, 1.54) is 18.9 Å². The van der Waals surface area contributed by atoms with Gasteiger partial charge in [0.15, 0.2) is 5.82 Å². The molecule has 0 radical (unpaired) electrons.